The molecule has 1 aliphatic rings. The quantitative estimate of drug-likeness (QED) is 0.518. The lowest BCUT2D eigenvalue weighted by Gasteiger charge is -2.26. The lowest BCUT2D eigenvalue weighted by molar-refractivity contribution is -0.139. The molecule has 0 N–H and O–H groups in total. The Balaban J connectivity index is 2.03. The van der Waals surface area contributed by atoms with Gasteiger partial charge in [0.1, 0.15) is 17.5 Å². The molecule has 4 rings (SSSR count). The number of ether oxygens (including phenoxy) is 3. The van der Waals surface area contributed by atoms with Crippen molar-refractivity contribution in [3.8, 4) is 11.5 Å². The van der Waals surface area contributed by atoms with Crippen LogP contribution in [0.4, 0.5) is 0 Å². The van der Waals surface area contributed by atoms with E-state index in [0.29, 0.717) is 37.7 Å². The maximum Gasteiger partial charge on any atom is 0.338 e. The predicted molar refractivity (Wildman–Crippen MR) is 124 cm³/mol. The van der Waals surface area contributed by atoms with Crippen molar-refractivity contribution in [1.82, 2.24) is 4.57 Å². The summed E-state index contributed by atoms with van der Waals surface area (Å²) in [7, 11) is 3.11. The van der Waals surface area contributed by atoms with Gasteiger partial charge in [0.05, 0.1) is 36.6 Å². The number of carbonyl (C=O) groups is 1. The van der Waals surface area contributed by atoms with Gasteiger partial charge in [-0.05, 0) is 49.6 Å². The highest BCUT2D eigenvalue weighted by Crippen LogP contribution is 2.37. The third-order valence-electron chi connectivity index (χ3n) is 5.07. The summed E-state index contributed by atoms with van der Waals surface area (Å²) in [5, 5.41) is 1.95. The molecule has 0 aliphatic carbocycles. The molecule has 2 aromatic heterocycles. The first kappa shape index (κ1) is 22.0. The number of thiophene rings is 1. The van der Waals surface area contributed by atoms with E-state index in [1.165, 1.54) is 11.3 Å². The van der Waals surface area contributed by atoms with E-state index in [2.05, 4.69) is 4.99 Å². The molecule has 1 atom stereocenters. The average molecular weight is 471 g/mol. The van der Waals surface area contributed by atoms with Crippen LogP contribution in [0.25, 0.3) is 6.08 Å². The van der Waals surface area contributed by atoms with Gasteiger partial charge in [-0.1, -0.05) is 17.4 Å². The molecule has 3 aromatic rings. The fourth-order valence-electron chi connectivity index (χ4n) is 3.64. The third kappa shape index (κ3) is 3.89. The normalized spacial score (nSPS) is 15.9. The number of hydrogen-bond acceptors (Lipinski definition) is 8. The average Bonchev–Trinajstić information content (AvgIpc) is 3.40. The second-order valence-electron chi connectivity index (χ2n) is 6.93. The van der Waals surface area contributed by atoms with E-state index in [9.17, 15) is 9.59 Å². The summed E-state index contributed by atoms with van der Waals surface area (Å²) < 4.78 is 18.4. The van der Waals surface area contributed by atoms with E-state index in [-0.39, 0.29) is 12.2 Å². The van der Waals surface area contributed by atoms with Crippen molar-refractivity contribution in [2.24, 2.45) is 4.99 Å². The highest BCUT2D eigenvalue weighted by Gasteiger charge is 2.35. The predicted octanol–water partition coefficient (Wildman–Crippen LogP) is 2.88. The van der Waals surface area contributed by atoms with Gasteiger partial charge in [0.25, 0.3) is 5.56 Å². The number of benzene rings is 1. The Bertz CT molecular complexity index is 1370. The number of carbonyl (C=O) groups excluding carboxylic acids is 1. The molecule has 32 heavy (non-hydrogen) atoms. The van der Waals surface area contributed by atoms with Crippen molar-refractivity contribution in [1.29, 1.82) is 0 Å². The van der Waals surface area contributed by atoms with Crippen LogP contribution in [0.5, 0.6) is 11.5 Å². The summed E-state index contributed by atoms with van der Waals surface area (Å²) >= 11 is 2.83. The van der Waals surface area contributed by atoms with E-state index < -0.39 is 12.0 Å². The van der Waals surface area contributed by atoms with Crippen molar-refractivity contribution in [3.63, 3.8) is 0 Å². The molecule has 0 radical (unpaired) electrons. The first-order valence-electron chi connectivity index (χ1n) is 9.93. The van der Waals surface area contributed by atoms with Crippen molar-refractivity contribution in [2.45, 2.75) is 19.9 Å². The number of allylic oxidation sites excluding steroid dienone is 1. The summed E-state index contributed by atoms with van der Waals surface area (Å²) in [6, 6.07) is 8.41. The summed E-state index contributed by atoms with van der Waals surface area (Å²) in [4.78, 5) is 32.6. The topological polar surface area (TPSA) is 79.1 Å². The number of hydrogen-bond donors (Lipinski definition) is 0. The fourth-order valence-corrected chi connectivity index (χ4v) is 5.41. The zero-order chi connectivity index (χ0) is 22.8. The minimum absolute atomic E-state index is 0.209. The lowest BCUT2D eigenvalue weighted by Crippen LogP contribution is -2.40. The van der Waals surface area contributed by atoms with Crippen LogP contribution in [0, 0.1) is 0 Å². The Morgan fingerprint density at radius 3 is 2.72 bits per heavy atom. The lowest BCUT2D eigenvalue weighted by atomic mass is 9.95. The fraction of sp³-hybridized carbons (Fsp3) is 0.261. The molecule has 1 aliphatic heterocycles. The second-order valence-corrected chi connectivity index (χ2v) is 8.91. The van der Waals surface area contributed by atoms with Crippen LogP contribution in [0.15, 0.2) is 56.8 Å². The van der Waals surface area contributed by atoms with Gasteiger partial charge in [0, 0.05) is 10.4 Å². The van der Waals surface area contributed by atoms with Gasteiger partial charge >= 0.3 is 5.97 Å². The van der Waals surface area contributed by atoms with Crippen molar-refractivity contribution in [2.75, 3.05) is 20.8 Å². The van der Waals surface area contributed by atoms with Crippen molar-refractivity contribution < 1.29 is 19.0 Å². The highest BCUT2D eigenvalue weighted by atomic mass is 32.1. The third-order valence-corrected chi connectivity index (χ3v) is 6.87. The molecule has 3 heterocycles. The number of rotatable bonds is 6. The minimum atomic E-state index is -0.763. The van der Waals surface area contributed by atoms with Gasteiger partial charge in [-0.3, -0.25) is 9.36 Å². The Morgan fingerprint density at radius 1 is 1.25 bits per heavy atom. The van der Waals surface area contributed by atoms with Crippen molar-refractivity contribution in [3.05, 3.63) is 77.1 Å². The molecule has 9 heteroatoms. The van der Waals surface area contributed by atoms with Gasteiger partial charge in [-0.15, -0.1) is 11.3 Å². The van der Waals surface area contributed by atoms with Crippen molar-refractivity contribution >= 4 is 34.7 Å². The number of fused-ring (bicyclic) bond motifs is 1. The zero-order valence-electron chi connectivity index (χ0n) is 18.1. The second kappa shape index (κ2) is 9.13. The summed E-state index contributed by atoms with van der Waals surface area (Å²) in [6.07, 6.45) is 1.84. The monoisotopic (exact) mass is 470 g/mol. The molecule has 166 valence electrons. The van der Waals surface area contributed by atoms with Crippen LogP contribution >= 0.6 is 22.7 Å². The van der Waals surface area contributed by atoms with Gasteiger partial charge in [-0.25, -0.2) is 9.79 Å². The van der Waals surface area contributed by atoms with E-state index in [4.69, 9.17) is 14.2 Å². The first-order valence-corrected chi connectivity index (χ1v) is 11.6. The molecular weight excluding hydrogens is 448 g/mol. The van der Waals surface area contributed by atoms with Gasteiger partial charge in [-0.2, -0.15) is 0 Å². The molecule has 1 unspecified atom stereocenters. The standard InChI is InChI=1S/C23H22N2O5S2/c1-5-30-22(27)19-13(2)24-23-25(21(26)18(32-23)12-15-7-6-10-31-15)20(19)16-11-14(28-3)8-9-17(16)29-4/h6-12,20H,5H2,1-4H3/b18-12-. The van der Waals surface area contributed by atoms with Crippen LogP contribution in [0.2, 0.25) is 0 Å². The Morgan fingerprint density at radius 2 is 2.06 bits per heavy atom. The maximum absolute atomic E-state index is 13.6. The molecule has 0 saturated heterocycles. The molecular formula is C23H22N2O5S2. The van der Waals surface area contributed by atoms with E-state index >= 15 is 0 Å². The Labute approximate surface area is 192 Å². The summed E-state index contributed by atoms with van der Waals surface area (Å²) in [5.41, 5.74) is 1.19. The highest BCUT2D eigenvalue weighted by molar-refractivity contribution is 7.11. The number of thiazole rings is 1. The maximum atomic E-state index is 13.6. The molecule has 0 amide bonds. The van der Waals surface area contributed by atoms with Gasteiger partial charge < -0.3 is 14.2 Å². The number of esters is 1. The van der Waals surface area contributed by atoms with E-state index in [1.54, 1.807) is 62.2 Å². The molecule has 0 bridgehead atoms. The van der Waals surface area contributed by atoms with Crippen LogP contribution in [-0.4, -0.2) is 31.4 Å². The van der Waals surface area contributed by atoms with Crippen LogP contribution < -0.4 is 24.4 Å². The zero-order valence-corrected chi connectivity index (χ0v) is 19.7. The van der Waals surface area contributed by atoms with E-state index in [1.807, 2.05) is 23.6 Å². The summed E-state index contributed by atoms with van der Waals surface area (Å²) in [6.45, 7) is 3.70. The first-order chi connectivity index (χ1) is 15.5. The Hall–Kier alpha value is -3.17. The number of aromatic nitrogens is 1. The largest absolute Gasteiger partial charge is 0.497 e. The van der Waals surface area contributed by atoms with Gasteiger partial charge in [0.2, 0.25) is 0 Å². The number of nitrogens with zero attached hydrogens (tertiary/aromatic N) is 2. The van der Waals surface area contributed by atoms with Crippen LogP contribution in [-0.2, 0) is 9.53 Å². The SMILES string of the molecule is CCOC(=O)C1=C(C)N=c2s/c(=C\c3cccs3)c(=O)n2C1c1cc(OC)ccc1OC. The molecule has 0 saturated carbocycles. The summed E-state index contributed by atoms with van der Waals surface area (Å²) in [5.74, 6) is 0.593. The molecule has 1 aromatic carbocycles. The minimum Gasteiger partial charge on any atom is -0.497 e. The van der Waals surface area contributed by atoms with Crippen LogP contribution in [0.1, 0.15) is 30.3 Å². The number of methoxy groups -OCH3 is 2. The smallest absolute Gasteiger partial charge is 0.338 e. The van der Waals surface area contributed by atoms with E-state index in [0.717, 1.165) is 4.88 Å². The molecule has 0 spiro atoms. The Kier molecular flexibility index (Phi) is 6.29. The van der Waals surface area contributed by atoms with Crippen LogP contribution in [0.3, 0.4) is 0 Å². The molecule has 0 fully saturated rings. The van der Waals surface area contributed by atoms with Gasteiger partial charge in [0.15, 0.2) is 4.80 Å². The molecule has 7 nitrogen and oxygen atoms in total.